The first kappa shape index (κ1) is 16.6. The minimum atomic E-state index is 0. The Morgan fingerprint density at radius 1 is 1.42 bits per heavy atom. The van der Waals surface area contributed by atoms with Gasteiger partial charge in [0.2, 0.25) is 0 Å². The Hall–Kier alpha value is -0.440. The molecular weight excluding hydrogens is 281 g/mol. The average Bonchev–Trinajstić information content (AvgIpc) is 2.41. The van der Waals surface area contributed by atoms with Crippen LogP contribution >= 0.6 is 24.0 Å². The van der Waals surface area contributed by atoms with Crippen molar-refractivity contribution in [1.82, 2.24) is 5.32 Å². The molecule has 2 nitrogen and oxygen atoms in total. The highest BCUT2D eigenvalue weighted by atomic mass is 35.5. The molecule has 1 saturated heterocycles. The van der Waals surface area contributed by atoms with Crippen LogP contribution in [0.15, 0.2) is 18.2 Å². The molecule has 1 aromatic rings. The maximum atomic E-state index is 5.99. The van der Waals surface area contributed by atoms with Crippen LogP contribution in [0.2, 0.25) is 5.02 Å². The topological polar surface area (TPSA) is 21.3 Å². The predicted molar refractivity (Wildman–Crippen MR) is 83.8 cm³/mol. The molecule has 0 spiro atoms. The van der Waals surface area contributed by atoms with Gasteiger partial charge in [0.15, 0.2) is 0 Å². The van der Waals surface area contributed by atoms with Gasteiger partial charge in [-0.1, -0.05) is 18.5 Å². The van der Waals surface area contributed by atoms with Crippen LogP contribution in [-0.4, -0.2) is 19.7 Å². The van der Waals surface area contributed by atoms with Gasteiger partial charge in [0.1, 0.15) is 5.75 Å². The van der Waals surface area contributed by atoms with E-state index in [1.165, 1.54) is 24.9 Å². The molecule has 4 heteroatoms. The van der Waals surface area contributed by atoms with Crippen molar-refractivity contribution in [2.24, 2.45) is 5.92 Å². The van der Waals surface area contributed by atoms with E-state index in [4.69, 9.17) is 16.3 Å². The van der Waals surface area contributed by atoms with Crippen LogP contribution in [-0.2, 0) is 6.42 Å². The third-order valence-corrected chi connectivity index (χ3v) is 3.82. The number of aryl methyl sites for hydroxylation is 1. The van der Waals surface area contributed by atoms with Crippen LogP contribution in [0.4, 0.5) is 0 Å². The van der Waals surface area contributed by atoms with Crippen LogP contribution in [0.3, 0.4) is 0 Å². The summed E-state index contributed by atoms with van der Waals surface area (Å²) in [6.45, 7) is 5.25. The van der Waals surface area contributed by atoms with E-state index in [1.54, 1.807) is 0 Å². The van der Waals surface area contributed by atoms with Crippen LogP contribution in [0.25, 0.3) is 0 Å². The molecule has 1 unspecified atom stereocenters. The fourth-order valence-corrected chi connectivity index (χ4v) is 2.67. The molecule has 0 aliphatic carbocycles. The molecule has 19 heavy (non-hydrogen) atoms. The van der Waals surface area contributed by atoms with Crippen molar-refractivity contribution >= 4 is 24.0 Å². The zero-order chi connectivity index (χ0) is 12.8. The third-order valence-electron chi connectivity index (χ3n) is 3.59. The van der Waals surface area contributed by atoms with E-state index in [0.717, 1.165) is 42.7 Å². The molecule has 0 amide bonds. The molecule has 0 aromatic heterocycles. The van der Waals surface area contributed by atoms with Crippen molar-refractivity contribution in [2.45, 2.75) is 32.6 Å². The summed E-state index contributed by atoms with van der Waals surface area (Å²) in [6, 6.07) is 5.89. The van der Waals surface area contributed by atoms with Gasteiger partial charge in [-0.15, -0.1) is 12.4 Å². The Morgan fingerprint density at radius 3 is 2.95 bits per heavy atom. The van der Waals surface area contributed by atoms with E-state index in [1.807, 2.05) is 18.2 Å². The largest absolute Gasteiger partial charge is 0.493 e. The summed E-state index contributed by atoms with van der Waals surface area (Å²) in [5, 5.41) is 4.23. The molecule has 0 radical (unpaired) electrons. The highest BCUT2D eigenvalue weighted by Crippen LogP contribution is 2.24. The standard InChI is InChI=1S/C15H22ClNO.ClH/c1-2-13-10-14(16)5-6-15(13)18-9-7-12-4-3-8-17-11-12;/h5-6,10,12,17H,2-4,7-9,11H2,1H3;1H. The smallest absolute Gasteiger partial charge is 0.122 e. The van der Waals surface area contributed by atoms with Gasteiger partial charge in [-0.25, -0.2) is 0 Å². The van der Waals surface area contributed by atoms with Gasteiger partial charge in [0.05, 0.1) is 6.61 Å². The molecular formula is C15H23Cl2NO. The summed E-state index contributed by atoms with van der Waals surface area (Å²) in [6.07, 6.45) is 4.73. The first-order valence-corrected chi connectivity index (χ1v) is 7.29. The molecule has 0 bridgehead atoms. The van der Waals surface area contributed by atoms with Crippen LogP contribution in [0, 0.1) is 5.92 Å². The summed E-state index contributed by atoms with van der Waals surface area (Å²) >= 11 is 5.99. The maximum Gasteiger partial charge on any atom is 0.122 e. The summed E-state index contributed by atoms with van der Waals surface area (Å²) in [4.78, 5) is 0. The Kier molecular flexibility index (Phi) is 7.59. The van der Waals surface area contributed by atoms with Crippen LogP contribution < -0.4 is 10.1 Å². The van der Waals surface area contributed by atoms with Crippen molar-refractivity contribution < 1.29 is 4.74 Å². The summed E-state index contributed by atoms with van der Waals surface area (Å²) in [5.74, 6) is 1.77. The van der Waals surface area contributed by atoms with Gasteiger partial charge < -0.3 is 10.1 Å². The molecule has 1 aliphatic rings. The second kappa shape index (κ2) is 8.68. The number of rotatable bonds is 5. The molecule has 1 aromatic carbocycles. The van der Waals surface area contributed by atoms with E-state index in [0.29, 0.717) is 0 Å². The summed E-state index contributed by atoms with van der Waals surface area (Å²) in [7, 11) is 0. The van der Waals surface area contributed by atoms with Crippen molar-refractivity contribution in [3.8, 4) is 5.75 Å². The highest BCUT2D eigenvalue weighted by Gasteiger charge is 2.13. The van der Waals surface area contributed by atoms with Crippen LogP contribution in [0.1, 0.15) is 31.7 Å². The van der Waals surface area contributed by atoms with Gasteiger partial charge in [-0.3, -0.25) is 0 Å². The minimum Gasteiger partial charge on any atom is -0.493 e. The molecule has 2 rings (SSSR count). The lowest BCUT2D eigenvalue weighted by Gasteiger charge is -2.22. The number of ether oxygens (including phenoxy) is 1. The molecule has 1 aliphatic heterocycles. The lowest BCUT2D eigenvalue weighted by molar-refractivity contribution is 0.252. The molecule has 1 N–H and O–H groups in total. The van der Waals surface area contributed by atoms with Crippen molar-refractivity contribution in [1.29, 1.82) is 0 Å². The predicted octanol–water partition coefficient (Wildman–Crippen LogP) is 4.09. The van der Waals surface area contributed by atoms with Crippen molar-refractivity contribution in [3.05, 3.63) is 28.8 Å². The quantitative estimate of drug-likeness (QED) is 0.884. The number of nitrogens with one attached hydrogen (secondary N) is 1. The lowest BCUT2D eigenvalue weighted by Crippen LogP contribution is -2.30. The Labute approximate surface area is 127 Å². The number of halogens is 2. The molecule has 1 fully saturated rings. The first-order valence-electron chi connectivity index (χ1n) is 6.91. The maximum absolute atomic E-state index is 5.99. The third kappa shape index (κ3) is 5.21. The molecule has 1 heterocycles. The van der Waals surface area contributed by atoms with E-state index in [2.05, 4.69) is 12.2 Å². The summed E-state index contributed by atoms with van der Waals surface area (Å²) < 4.78 is 5.90. The second-order valence-corrected chi connectivity index (χ2v) is 5.39. The zero-order valence-electron chi connectivity index (χ0n) is 11.5. The number of piperidine rings is 1. The molecule has 108 valence electrons. The van der Waals surface area contributed by atoms with E-state index in [-0.39, 0.29) is 12.4 Å². The zero-order valence-corrected chi connectivity index (χ0v) is 13.0. The Morgan fingerprint density at radius 2 is 2.26 bits per heavy atom. The minimum absolute atomic E-state index is 0. The number of hydrogen-bond donors (Lipinski definition) is 1. The van der Waals surface area contributed by atoms with Gasteiger partial charge in [-0.05, 0) is 68.5 Å². The van der Waals surface area contributed by atoms with Gasteiger partial charge in [0.25, 0.3) is 0 Å². The van der Waals surface area contributed by atoms with Gasteiger partial charge >= 0.3 is 0 Å². The fourth-order valence-electron chi connectivity index (χ4n) is 2.47. The average molecular weight is 304 g/mol. The molecule has 0 saturated carbocycles. The van der Waals surface area contributed by atoms with E-state index in [9.17, 15) is 0 Å². The monoisotopic (exact) mass is 303 g/mol. The van der Waals surface area contributed by atoms with E-state index < -0.39 is 0 Å². The lowest BCUT2D eigenvalue weighted by atomic mass is 9.97. The Balaban J connectivity index is 0.00000180. The number of hydrogen-bond acceptors (Lipinski definition) is 2. The second-order valence-electron chi connectivity index (χ2n) is 4.96. The van der Waals surface area contributed by atoms with Crippen molar-refractivity contribution in [3.63, 3.8) is 0 Å². The summed E-state index contributed by atoms with van der Waals surface area (Å²) in [5.41, 5.74) is 1.20. The number of benzene rings is 1. The fraction of sp³-hybridized carbons (Fsp3) is 0.600. The normalized spacial score (nSPS) is 18.7. The highest BCUT2D eigenvalue weighted by molar-refractivity contribution is 6.30. The van der Waals surface area contributed by atoms with Crippen LogP contribution in [0.5, 0.6) is 5.75 Å². The van der Waals surface area contributed by atoms with Crippen molar-refractivity contribution in [2.75, 3.05) is 19.7 Å². The Bertz CT molecular complexity index is 378. The SMILES string of the molecule is CCc1cc(Cl)ccc1OCCC1CCCNC1.Cl. The van der Waals surface area contributed by atoms with E-state index >= 15 is 0 Å². The first-order chi connectivity index (χ1) is 8.79. The van der Waals surface area contributed by atoms with Gasteiger partial charge in [0, 0.05) is 5.02 Å². The molecule has 1 atom stereocenters. The van der Waals surface area contributed by atoms with Gasteiger partial charge in [-0.2, -0.15) is 0 Å².